The Morgan fingerprint density at radius 3 is 2.02 bits per heavy atom. The fourth-order valence-electron chi connectivity index (χ4n) is 7.76. The Bertz CT molecular complexity index is 2710. The van der Waals surface area contributed by atoms with E-state index in [0.717, 1.165) is 49.7 Å². The van der Waals surface area contributed by atoms with E-state index in [4.69, 9.17) is 0 Å². The Hall–Kier alpha value is -7.13. The van der Waals surface area contributed by atoms with Gasteiger partial charge in [0, 0.05) is 33.6 Å². The van der Waals surface area contributed by atoms with E-state index in [1.807, 2.05) is 47.0 Å². The number of aromatic nitrogens is 1. The minimum Gasteiger partial charge on any atom is -0.333 e. The topological polar surface area (TPSA) is 79.5 Å². The van der Waals surface area contributed by atoms with Gasteiger partial charge < -0.3 is 9.47 Å². The Balaban J connectivity index is 1.11. The van der Waals surface area contributed by atoms with Gasteiger partial charge in [-0.2, -0.15) is 15.8 Å². The standard InChI is InChI=1S/C45H27N5/c46-26-29-14-21-44-39(23-29)38-20-13-30(27-47)24-45(38)49(44)40-22-19-33(25-34(40)28-48)31-15-17-32(18-16-31)35-7-1-4-10-41(35)50-42-11-5-2-8-36(42)37-9-3-6-12-43(37)50/h1-25,36,42H. The molecule has 7 aromatic rings. The first kappa shape index (κ1) is 29.0. The lowest BCUT2D eigenvalue weighted by Gasteiger charge is -2.30. The fraction of sp³-hybridized carbons (Fsp3) is 0.0444. The second-order valence-corrected chi connectivity index (χ2v) is 12.7. The molecular weight excluding hydrogens is 611 g/mol. The third kappa shape index (κ3) is 4.45. The van der Waals surface area contributed by atoms with Gasteiger partial charge in [0.1, 0.15) is 6.07 Å². The van der Waals surface area contributed by atoms with Gasteiger partial charge in [0.05, 0.1) is 51.6 Å². The zero-order chi connectivity index (χ0) is 33.8. The van der Waals surface area contributed by atoms with Crippen molar-refractivity contribution in [3.63, 3.8) is 0 Å². The molecule has 2 atom stereocenters. The first-order valence-corrected chi connectivity index (χ1v) is 16.5. The molecule has 50 heavy (non-hydrogen) atoms. The first-order valence-electron chi connectivity index (χ1n) is 16.5. The van der Waals surface area contributed by atoms with Gasteiger partial charge in [-0.25, -0.2) is 0 Å². The van der Waals surface area contributed by atoms with E-state index in [1.165, 1.54) is 16.9 Å². The van der Waals surface area contributed by atoms with Crippen LogP contribution in [0.4, 0.5) is 11.4 Å². The van der Waals surface area contributed by atoms with Crippen LogP contribution in [-0.4, -0.2) is 10.6 Å². The number of benzene rings is 6. The van der Waals surface area contributed by atoms with E-state index in [0.29, 0.717) is 22.6 Å². The zero-order valence-corrected chi connectivity index (χ0v) is 26.8. The summed E-state index contributed by atoms with van der Waals surface area (Å²) in [5.41, 5.74) is 12.0. The molecule has 2 aliphatic rings. The van der Waals surface area contributed by atoms with E-state index in [2.05, 4.69) is 120 Å². The fourth-order valence-corrected chi connectivity index (χ4v) is 7.76. The van der Waals surface area contributed by atoms with Crippen molar-refractivity contribution in [1.29, 1.82) is 15.8 Å². The number of anilines is 2. The van der Waals surface area contributed by atoms with Gasteiger partial charge in [-0.15, -0.1) is 0 Å². The molecule has 1 aromatic heterocycles. The van der Waals surface area contributed by atoms with Gasteiger partial charge in [0.25, 0.3) is 0 Å². The Kier molecular flexibility index (Phi) is 6.70. The molecule has 1 aliphatic heterocycles. The molecule has 0 saturated carbocycles. The number of nitrogens with zero attached hydrogens (tertiary/aromatic N) is 5. The summed E-state index contributed by atoms with van der Waals surface area (Å²) >= 11 is 0. The number of fused-ring (bicyclic) bond motifs is 6. The van der Waals surface area contributed by atoms with Gasteiger partial charge >= 0.3 is 0 Å². The van der Waals surface area contributed by atoms with Crippen molar-refractivity contribution in [3.8, 4) is 46.1 Å². The second-order valence-electron chi connectivity index (χ2n) is 12.7. The molecule has 1 aliphatic carbocycles. The highest BCUT2D eigenvalue weighted by Gasteiger charge is 2.37. The molecule has 0 radical (unpaired) electrons. The maximum atomic E-state index is 10.4. The van der Waals surface area contributed by atoms with Gasteiger partial charge in [0.2, 0.25) is 0 Å². The van der Waals surface area contributed by atoms with Crippen molar-refractivity contribution in [2.24, 2.45) is 0 Å². The molecule has 232 valence electrons. The summed E-state index contributed by atoms with van der Waals surface area (Å²) in [7, 11) is 0. The van der Waals surface area contributed by atoms with Crippen molar-refractivity contribution in [2.45, 2.75) is 12.0 Å². The van der Waals surface area contributed by atoms with Crippen LogP contribution < -0.4 is 4.90 Å². The molecule has 5 nitrogen and oxygen atoms in total. The summed E-state index contributed by atoms with van der Waals surface area (Å²) in [6, 6.07) is 50.0. The van der Waals surface area contributed by atoms with Crippen molar-refractivity contribution >= 4 is 33.2 Å². The summed E-state index contributed by atoms with van der Waals surface area (Å²) in [6.45, 7) is 0. The molecule has 0 fully saturated rings. The Morgan fingerprint density at radius 2 is 1.20 bits per heavy atom. The molecule has 5 heteroatoms. The smallest absolute Gasteiger partial charge is 0.101 e. The zero-order valence-electron chi connectivity index (χ0n) is 26.8. The van der Waals surface area contributed by atoms with E-state index >= 15 is 0 Å². The number of hydrogen-bond acceptors (Lipinski definition) is 4. The first-order chi connectivity index (χ1) is 24.7. The molecule has 0 saturated heterocycles. The van der Waals surface area contributed by atoms with Gasteiger partial charge in [-0.05, 0) is 76.9 Å². The van der Waals surface area contributed by atoms with Crippen LogP contribution in [0.3, 0.4) is 0 Å². The van der Waals surface area contributed by atoms with E-state index in [9.17, 15) is 15.8 Å². The average molecular weight is 638 g/mol. The number of para-hydroxylation sites is 2. The predicted molar refractivity (Wildman–Crippen MR) is 199 cm³/mol. The number of nitriles is 3. The molecule has 0 amide bonds. The van der Waals surface area contributed by atoms with Crippen LogP contribution >= 0.6 is 0 Å². The minimum atomic E-state index is 0.218. The number of allylic oxidation sites excluding steroid dienone is 2. The van der Waals surface area contributed by atoms with Crippen molar-refractivity contribution in [1.82, 2.24) is 4.57 Å². The highest BCUT2D eigenvalue weighted by Crippen LogP contribution is 2.49. The van der Waals surface area contributed by atoms with E-state index < -0.39 is 0 Å². The summed E-state index contributed by atoms with van der Waals surface area (Å²) < 4.78 is 2.02. The van der Waals surface area contributed by atoms with Crippen molar-refractivity contribution in [2.75, 3.05) is 4.90 Å². The average Bonchev–Trinajstić information content (AvgIpc) is 3.69. The predicted octanol–water partition coefficient (Wildman–Crippen LogP) is 10.5. The number of rotatable bonds is 4. The maximum Gasteiger partial charge on any atom is 0.101 e. The Labute approximate surface area is 289 Å². The van der Waals surface area contributed by atoms with Crippen molar-refractivity contribution in [3.05, 3.63) is 174 Å². The molecular formula is C45H27N5. The summed E-state index contributed by atoms with van der Waals surface area (Å²) in [5.74, 6) is 0.315. The quantitative estimate of drug-likeness (QED) is 0.192. The van der Waals surface area contributed by atoms with Gasteiger partial charge in [-0.3, -0.25) is 0 Å². The van der Waals surface area contributed by atoms with Crippen LogP contribution in [0.25, 0.3) is 49.7 Å². The molecule has 9 rings (SSSR count). The lowest BCUT2D eigenvalue weighted by Crippen LogP contribution is -2.28. The van der Waals surface area contributed by atoms with Crippen molar-refractivity contribution < 1.29 is 0 Å². The van der Waals surface area contributed by atoms with Gasteiger partial charge in [0.15, 0.2) is 0 Å². The highest BCUT2D eigenvalue weighted by molar-refractivity contribution is 6.10. The molecule has 0 N–H and O–H groups in total. The molecule has 0 bridgehead atoms. The van der Waals surface area contributed by atoms with Crippen LogP contribution in [0.2, 0.25) is 0 Å². The third-order valence-electron chi connectivity index (χ3n) is 10.0. The number of hydrogen-bond donors (Lipinski definition) is 0. The van der Waals surface area contributed by atoms with Crippen LogP contribution in [0.5, 0.6) is 0 Å². The summed E-state index contributed by atoms with van der Waals surface area (Å²) in [6.07, 6.45) is 8.89. The van der Waals surface area contributed by atoms with E-state index in [1.54, 1.807) is 12.1 Å². The van der Waals surface area contributed by atoms with E-state index in [-0.39, 0.29) is 6.04 Å². The second kappa shape index (κ2) is 11.5. The third-order valence-corrected chi connectivity index (χ3v) is 10.0. The lowest BCUT2D eigenvalue weighted by atomic mass is 9.91. The Morgan fingerprint density at radius 1 is 0.500 bits per heavy atom. The van der Waals surface area contributed by atoms with Crippen LogP contribution in [0.1, 0.15) is 28.2 Å². The molecule has 2 heterocycles. The summed E-state index contributed by atoms with van der Waals surface area (Å²) in [5, 5.41) is 31.5. The summed E-state index contributed by atoms with van der Waals surface area (Å²) in [4.78, 5) is 2.47. The molecule has 2 unspecified atom stereocenters. The monoisotopic (exact) mass is 637 g/mol. The normalized spacial score (nSPS) is 15.7. The minimum absolute atomic E-state index is 0.218. The highest BCUT2D eigenvalue weighted by atomic mass is 15.2. The van der Waals surface area contributed by atoms with Crippen LogP contribution in [-0.2, 0) is 0 Å². The largest absolute Gasteiger partial charge is 0.333 e. The SMILES string of the molecule is N#Cc1ccc2c(c1)c1ccc(C#N)cc1n2-c1ccc(-c2ccc(-c3ccccc3N3c4ccccc4C4C=CC=CC43)cc2)cc1C#N. The lowest BCUT2D eigenvalue weighted by molar-refractivity contribution is 0.745. The maximum absolute atomic E-state index is 10.4. The van der Waals surface area contributed by atoms with Crippen LogP contribution in [0.15, 0.2) is 152 Å². The molecule has 6 aromatic carbocycles. The molecule has 0 spiro atoms. The van der Waals surface area contributed by atoms with Crippen LogP contribution in [0, 0.1) is 34.0 Å². The van der Waals surface area contributed by atoms with Gasteiger partial charge in [-0.1, -0.05) is 97.1 Å².